The lowest BCUT2D eigenvalue weighted by Gasteiger charge is -2.22. The Morgan fingerprint density at radius 1 is 1.42 bits per heavy atom. The first kappa shape index (κ1) is 16.8. The Kier molecular flexibility index (Phi) is 5.37. The van der Waals surface area contributed by atoms with Gasteiger partial charge in [0.2, 0.25) is 0 Å². The number of hydrogen-bond acceptors (Lipinski definition) is 5. The van der Waals surface area contributed by atoms with Crippen molar-refractivity contribution in [3.63, 3.8) is 0 Å². The number of aromatic nitrogens is 2. The number of nitrogens with zero attached hydrogens (tertiary/aromatic N) is 2. The topological polar surface area (TPSA) is 65.4 Å². The second-order valence-electron chi connectivity index (χ2n) is 5.75. The summed E-state index contributed by atoms with van der Waals surface area (Å²) in [4.78, 5) is 12.5. The molecule has 0 saturated carbocycles. The van der Waals surface area contributed by atoms with Crippen LogP contribution >= 0.6 is 11.6 Å². The molecule has 7 heteroatoms. The Hall–Kier alpha value is -2.05. The molecule has 24 heavy (non-hydrogen) atoms. The fraction of sp³-hybridized carbons (Fsp3) is 0.412. The van der Waals surface area contributed by atoms with E-state index in [4.69, 9.17) is 21.1 Å². The fourth-order valence-corrected chi connectivity index (χ4v) is 2.88. The molecule has 1 aliphatic heterocycles. The van der Waals surface area contributed by atoms with Crippen molar-refractivity contribution in [1.82, 2.24) is 9.78 Å². The molecule has 6 nitrogen and oxygen atoms in total. The van der Waals surface area contributed by atoms with Gasteiger partial charge >= 0.3 is 0 Å². The molecule has 1 aromatic heterocycles. The summed E-state index contributed by atoms with van der Waals surface area (Å²) in [6, 6.07) is 7.06. The van der Waals surface area contributed by atoms with Crippen LogP contribution in [0.25, 0.3) is 5.69 Å². The summed E-state index contributed by atoms with van der Waals surface area (Å²) in [6.45, 7) is 2.28. The predicted molar refractivity (Wildman–Crippen MR) is 93.4 cm³/mol. The predicted octanol–water partition coefficient (Wildman–Crippen LogP) is 2.73. The van der Waals surface area contributed by atoms with Gasteiger partial charge < -0.3 is 14.8 Å². The van der Waals surface area contributed by atoms with Gasteiger partial charge in [-0.1, -0.05) is 11.6 Å². The van der Waals surface area contributed by atoms with Gasteiger partial charge in [-0.15, -0.1) is 0 Å². The smallest absolute Gasteiger partial charge is 0.292 e. The molecule has 2 aromatic rings. The summed E-state index contributed by atoms with van der Waals surface area (Å²) in [5.74, 6) is 1.14. The largest absolute Gasteiger partial charge is 0.497 e. The van der Waals surface area contributed by atoms with E-state index >= 15 is 0 Å². The molecule has 1 N–H and O–H groups in total. The van der Waals surface area contributed by atoms with E-state index in [9.17, 15) is 4.79 Å². The average molecular weight is 350 g/mol. The highest BCUT2D eigenvalue weighted by molar-refractivity contribution is 6.32. The number of nitrogens with one attached hydrogen (secondary N) is 1. The summed E-state index contributed by atoms with van der Waals surface area (Å²) in [5.41, 5.74) is 0.832. The standard InChI is InChI=1S/C17H20ClN3O3/c1-23-14-6-4-13(5-7-14)21-17(22)16(18)15(10-20-21)19-9-12-3-2-8-24-11-12/h4-7,10,12,19H,2-3,8-9,11H2,1H3/t12-/m0/s1. The normalized spacial score (nSPS) is 17.5. The monoisotopic (exact) mass is 349 g/mol. The van der Waals surface area contributed by atoms with Crippen LogP contribution in [0, 0.1) is 5.92 Å². The number of methoxy groups -OCH3 is 1. The van der Waals surface area contributed by atoms with Crippen LogP contribution < -0.4 is 15.6 Å². The van der Waals surface area contributed by atoms with E-state index in [0.717, 1.165) is 26.1 Å². The first-order valence-electron chi connectivity index (χ1n) is 7.93. The number of hydrogen-bond donors (Lipinski definition) is 1. The summed E-state index contributed by atoms with van der Waals surface area (Å²) in [5, 5.41) is 7.56. The van der Waals surface area contributed by atoms with Gasteiger partial charge in [-0.2, -0.15) is 9.78 Å². The first-order chi connectivity index (χ1) is 11.7. The van der Waals surface area contributed by atoms with E-state index < -0.39 is 0 Å². The zero-order valence-corrected chi connectivity index (χ0v) is 14.3. The molecule has 3 rings (SSSR count). The second-order valence-corrected chi connectivity index (χ2v) is 6.13. The summed E-state index contributed by atoms with van der Waals surface area (Å²) in [7, 11) is 1.59. The third kappa shape index (κ3) is 3.71. The van der Waals surface area contributed by atoms with Crippen LogP contribution in [0.15, 0.2) is 35.3 Å². The quantitative estimate of drug-likeness (QED) is 0.899. The van der Waals surface area contributed by atoms with Crippen molar-refractivity contribution in [2.75, 3.05) is 32.2 Å². The van der Waals surface area contributed by atoms with Crippen molar-refractivity contribution in [3.05, 3.63) is 45.8 Å². The number of halogens is 1. The van der Waals surface area contributed by atoms with Gasteiger partial charge in [0.15, 0.2) is 0 Å². The van der Waals surface area contributed by atoms with Crippen LogP contribution in [0.5, 0.6) is 5.75 Å². The zero-order chi connectivity index (χ0) is 16.9. The highest BCUT2D eigenvalue weighted by Gasteiger charge is 2.16. The molecule has 2 heterocycles. The minimum atomic E-state index is -0.355. The molecule has 1 aliphatic rings. The molecule has 0 bridgehead atoms. The Labute approximate surface area is 145 Å². The van der Waals surface area contributed by atoms with E-state index in [1.165, 1.54) is 4.68 Å². The summed E-state index contributed by atoms with van der Waals surface area (Å²) in [6.07, 6.45) is 3.76. The third-order valence-electron chi connectivity index (χ3n) is 4.07. The van der Waals surface area contributed by atoms with Crippen LogP contribution in [0.3, 0.4) is 0 Å². The van der Waals surface area contributed by atoms with Crippen LogP contribution in [0.1, 0.15) is 12.8 Å². The average Bonchev–Trinajstić information content (AvgIpc) is 2.64. The van der Waals surface area contributed by atoms with Crippen molar-refractivity contribution in [2.45, 2.75) is 12.8 Å². The SMILES string of the molecule is COc1ccc(-n2ncc(NC[C@@H]3CCCOC3)c(Cl)c2=O)cc1. The lowest BCUT2D eigenvalue weighted by Crippen LogP contribution is -2.26. The summed E-state index contributed by atoms with van der Waals surface area (Å²) >= 11 is 6.23. The van der Waals surface area contributed by atoms with Gasteiger partial charge in [-0.3, -0.25) is 4.79 Å². The van der Waals surface area contributed by atoms with Crippen LogP contribution in [0.4, 0.5) is 5.69 Å². The van der Waals surface area contributed by atoms with E-state index in [1.54, 1.807) is 37.6 Å². The lowest BCUT2D eigenvalue weighted by molar-refractivity contribution is 0.0595. The van der Waals surface area contributed by atoms with Crippen molar-refractivity contribution in [1.29, 1.82) is 0 Å². The Morgan fingerprint density at radius 2 is 2.21 bits per heavy atom. The molecular formula is C17H20ClN3O3. The van der Waals surface area contributed by atoms with Crippen molar-refractivity contribution >= 4 is 17.3 Å². The number of benzene rings is 1. The minimum Gasteiger partial charge on any atom is -0.497 e. The van der Waals surface area contributed by atoms with Gasteiger partial charge in [-0.25, -0.2) is 0 Å². The molecule has 1 fully saturated rings. The highest BCUT2D eigenvalue weighted by atomic mass is 35.5. The van der Waals surface area contributed by atoms with Crippen LogP contribution in [0.2, 0.25) is 5.02 Å². The van der Waals surface area contributed by atoms with Gasteiger partial charge in [0, 0.05) is 13.2 Å². The number of ether oxygens (including phenoxy) is 2. The first-order valence-corrected chi connectivity index (χ1v) is 8.30. The zero-order valence-electron chi connectivity index (χ0n) is 13.5. The molecule has 128 valence electrons. The molecule has 0 unspecified atom stereocenters. The van der Waals surface area contributed by atoms with Crippen molar-refractivity contribution < 1.29 is 9.47 Å². The molecule has 1 atom stereocenters. The summed E-state index contributed by atoms with van der Waals surface area (Å²) < 4.78 is 11.8. The van der Waals surface area contributed by atoms with Crippen molar-refractivity contribution in [2.24, 2.45) is 5.92 Å². The fourth-order valence-electron chi connectivity index (χ4n) is 2.69. The molecule has 1 aromatic carbocycles. The Morgan fingerprint density at radius 3 is 2.88 bits per heavy atom. The van der Waals surface area contributed by atoms with Gasteiger partial charge in [0.05, 0.1) is 31.3 Å². The molecule has 0 radical (unpaired) electrons. The number of anilines is 1. The van der Waals surface area contributed by atoms with E-state index in [1.807, 2.05) is 0 Å². The van der Waals surface area contributed by atoms with Crippen molar-refractivity contribution in [3.8, 4) is 11.4 Å². The Balaban J connectivity index is 1.76. The number of rotatable bonds is 5. The maximum Gasteiger partial charge on any atom is 0.292 e. The third-order valence-corrected chi connectivity index (χ3v) is 4.44. The highest BCUT2D eigenvalue weighted by Crippen LogP contribution is 2.20. The van der Waals surface area contributed by atoms with Crippen LogP contribution in [-0.2, 0) is 4.74 Å². The van der Waals surface area contributed by atoms with Gasteiger partial charge in [-0.05, 0) is 43.0 Å². The Bertz CT molecular complexity index is 740. The van der Waals surface area contributed by atoms with E-state index in [2.05, 4.69) is 10.4 Å². The van der Waals surface area contributed by atoms with Gasteiger partial charge in [0.1, 0.15) is 10.8 Å². The molecular weight excluding hydrogens is 330 g/mol. The van der Waals surface area contributed by atoms with E-state index in [-0.39, 0.29) is 10.6 Å². The maximum atomic E-state index is 12.5. The van der Waals surface area contributed by atoms with Crippen LogP contribution in [-0.4, -0.2) is 36.6 Å². The second kappa shape index (κ2) is 7.68. The maximum absolute atomic E-state index is 12.5. The minimum absolute atomic E-state index is 0.137. The molecule has 0 aliphatic carbocycles. The molecule has 0 amide bonds. The molecule has 1 saturated heterocycles. The van der Waals surface area contributed by atoms with Gasteiger partial charge in [0.25, 0.3) is 5.56 Å². The van der Waals surface area contributed by atoms with E-state index in [0.29, 0.717) is 29.6 Å². The lowest BCUT2D eigenvalue weighted by atomic mass is 10.0. The molecule has 0 spiro atoms.